The highest BCUT2D eigenvalue weighted by atomic mass is 35.5. The number of hydrogen-bond donors (Lipinski definition) is 0. The van der Waals surface area contributed by atoms with Gasteiger partial charge in [0.15, 0.2) is 6.10 Å². The molecule has 0 aromatic heterocycles. The normalized spacial score (nSPS) is 12.5. The van der Waals surface area contributed by atoms with Crippen LogP contribution in [-0.2, 0) is 9.53 Å². The Balaban J connectivity index is 2.98. The zero-order valence-electron chi connectivity index (χ0n) is 12.0. The van der Waals surface area contributed by atoms with Crippen LogP contribution in [0.3, 0.4) is 0 Å². The van der Waals surface area contributed by atoms with Gasteiger partial charge in [0.05, 0.1) is 0 Å². The largest absolute Gasteiger partial charge is 0.367 e. The quantitative estimate of drug-likeness (QED) is 0.797. The minimum absolute atomic E-state index is 0.0516. The van der Waals surface area contributed by atoms with Crippen LogP contribution in [0.2, 0.25) is 5.02 Å². The van der Waals surface area contributed by atoms with Crippen molar-refractivity contribution in [3.63, 3.8) is 0 Å². The molecule has 19 heavy (non-hydrogen) atoms. The number of rotatable bonds is 6. The molecule has 0 aliphatic carbocycles. The molecular weight excluding hydrogens is 262 g/mol. The van der Waals surface area contributed by atoms with E-state index in [1.54, 1.807) is 11.0 Å². The molecular formula is C15H22ClNO2. The third kappa shape index (κ3) is 3.71. The molecule has 0 radical (unpaired) electrons. The van der Waals surface area contributed by atoms with Gasteiger partial charge in [-0.15, -0.1) is 0 Å². The summed E-state index contributed by atoms with van der Waals surface area (Å²) in [6.07, 6.45) is 1.22. The van der Waals surface area contributed by atoms with Crippen molar-refractivity contribution >= 4 is 17.5 Å². The third-order valence-corrected chi connectivity index (χ3v) is 3.83. The van der Waals surface area contributed by atoms with Crippen LogP contribution < -0.4 is 0 Å². The summed E-state index contributed by atoms with van der Waals surface area (Å²) >= 11 is 6.14. The molecule has 3 nitrogen and oxygen atoms in total. The molecule has 4 heteroatoms. The maximum Gasteiger partial charge on any atom is 0.256 e. The van der Waals surface area contributed by atoms with Crippen molar-refractivity contribution in [2.24, 2.45) is 0 Å². The van der Waals surface area contributed by atoms with Crippen LogP contribution in [0.15, 0.2) is 24.3 Å². The van der Waals surface area contributed by atoms with Gasteiger partial charge >= 0.3 is 0 Å². The van der Waals surface area contributed by atoms with E-state index in [9.17, 15) is 4.79 Å². The first-order chi connectivity index (χ1) is 9.06. The Morgan fingerprint density at radius 1 is 1.32 bits per heavy atom. The number of nitrogens with zero attached hydrogens (tertiary/aromatic N) is 1. The average molecular weight is 284 g/mol. The molecule has 0 spiro atoms. The fraction of sp³-hybridized carbons (Fsp3) is 0.533. The van der Waals surface area contributed by atoms with Gasteiger partial charge in [0, 0.05) is 30.8 Å². The Labute approximate surface area is 120 Å². The van der Waals surface area contributed by atoms with Crippen molar-refractivity contribution in [1.29, 1.82) is 0 Å². The van der Waals surface area contributed by atoms with E-state index >= 15 is 0 Å². The SMILES string of the molecule is CCC(CC)N(C)C(=O)C(OC)c1ccccc1Cl. The van der Waals surface area contributed by atoms with Gasteiger partial charge in [-0.2, -0.15) is 0 Å². The molecule has 0 bridgehead atoms. The summed E-state index contributed by atoms with van der Waals surface area (Å²) in [5.41, 5.74) is 0.717. The van der Waals surface area contributed by atoms with Crippen LogP contribution in [0, 0.1) is 0 Å². The minimum Gasteiger partial charge on any atom is -0.367 e. The summed E-state index contributed by atoms with van der Waals surface area (Å²) in [6.45, 7) is 4.16. The van der Waals surface area contributed by atoms with Gasteiger partial charge in [0.1, 0.15) is 0 Å². The Hall–Kier alpha value is -1.06. The van der Waals surface area contributed by atoms with E-state index in [1.807, 2.05) is 25.2 Å². The van der Waals surface area contributed by atoms with Gasteiger partial charge in [0.2, 0.25) is 0 Å². The molecule has 0 N–H and O–H groups in total. The van der Waals surface area contributed by atoms with Crippen molar-refractivity contribution in [1.82, 2.24) is 4.90 Å². The molecule has 1 amide bonds. The number of hydrogen-bond acceptors (Lipinski definition) is 2. The first-order valence-corrected chi connectivity index (χ1v) is 6.98. The van der Waals surface area contributed by atoms with Crippen LogP contribution >= 0.6 is 11.6 Å². The molecule has 0 fully saturated rings. The Bertz CT molecular complexity index is 418. The van der Waals surface area contributed by atoms with E-state index in [0.29, 0.717) is 5.02 Å². The number of benzene rings is 1. The average Bonchev–Trinajstić information content (AvgIpc) is 2.42. The topological polar surface area (TPSA) is 29.5 Å². The van der Waals surface area contributed by atoms with E-state index < -0.39 is 6.10 Å². The number of ether oxygens (including phenoxy) is 1. The lowest BCUT2D eigenvalue weighted by atomic mass is 10.1. The highest BCUT2D eigenvalue weighted by molar-refractivity contribution is 6.31. The molecule has 1 rings (SSSR count). The van der Waals surface area contributed by atoms with Crippen molar-refractivity contribution in [3.05, 3.63) is 34.9 Å². The number of halogens is 1. The minimum atomic E-state index is -0.640. The lowest BCUT2D eigenvalue weighted by Crippen LogP contribution is -2.40. The highest BCUT2D eigenvalue weighted by Crippen LogP contribution is 2.27. The van der Waals surface area contributed by atoms with E-state index in [0.717, 1.165) is 18.4 Å². The van der Waals surface area contributed by atoms with E-state index in [-0.39, 0.29) is 11.9 Å². The van der Waals surface area contributed by atoms with Crippen molar-refractivity contribution in [3.8, 4) is 0 Å². The zero-order valence-corrected chi connectivity index (χ0v) is 12.8. The summed E-state index contributed by atoms with van der Waals surface area (Å²) < 4.78 is 5.36. The van der Waals surface area contributed by atoms with Gasteiger partial charge in [0.25, 0.3) is 5.91 Å². The maximum absolute atomic E-state index is 12.5. The van der Waals surface area contributed by atoms with Crippen molar-refractivity contribution in [2.45, 2.75) is 38.8 Å². The van der Waals surface area contributed by atoms with Gasteiger partial charge in [-0.1, -0.05) is 43.6 Å². The third-order valence-electron chi connectivity index (χ3n) is 3.49. The fourth-order valence-electron chi connectivity index (χ4n) is 2.25. The van der Waals surface area contributed by atoms with Crippen molar-refractivity contribution in [2.75, 3.05) is 14.2 Å². The number of amides is 1. The molecule has 0 aliphatic heterocycles. The second-order valence-electron chi connectivity index (χ2n) is 4.56. The molecule has 0 saturated carbocycles. The molecule has 0 heterocycles. The highest BCUT2D eigenvalue weighted by Gasteiger charge is 2.28. The van der Waals surface area contributed by atoms with Gasteiger partial charge < -0.3 is 9.64 Å². The predicted octanol–water partition coefficient (Wildman–Crippen LogP) is 3.67. The van der Waals surface area contributed by atoms with Crippen LogP contribution in [0.1, 0.15) is 38.4 Å². The van der Waals surface area contributed by atoms with Crippen LogP contribution in [0.25, 0.3) is 0 Å². The molecule has 1 aromatic rings. The lowest BCUT2D eigenvalue weighted by Gasteiger charge is -2.30. The summed E-state index contributed by atoms with van der Waals surface area (Å²) in [5.74, 6) is -0.0516. The summed E-state index contributed by atoms with van der Waals surface area (Å²) in [5, 5.41) is 0.556. The van der Waals surface area contributed by atoms with E-state index in [1.165, 1.54) is 7.11 Å². The van der Waals surface area contributed by atoms with Gasteiger partial charge in [-0.3, -0.25) is 4.79 Å². The maximum atomic E-state index is 12.5. The Morgan fingerprint density at radius 2 is 1.89 bits per heavy atom. The Morgan fingerprint density at radius 3 is 2.37 bits per heavy atom. The van der Waals surface area contributed by atoms with Crippen LogP contribution in [0.5, 0.6) is 0 Å². The Kier molecular flexibility index (Phi) is 6.32. The summed E-state index contributed by atoms with van der Waals surface area (Å²) in [7, 11) is 3.36. The summed E-state index contributed by atoms with van der Waals surface area (Å²) in [6, 6.07) is 7.53. The number of methoxy groups -OCH3 is 1. The van der Waals surface area contributed by atoms with Gasteiger partial charge in [-0.05, 0) is 18.9 Å². The van der Waals surface area contributed by atoms with Crippen LogP contribution in [-0.4, -0.2) is 31.0 Å². The molecule has 1 unspecified atom stereocenters. The standard InChI is InChI=1S/C15H22ClNO2/c1-5-11(6-2)17(3)15(18)14(19-4)12-9-7-8-10-13(12)16/h7-11,14H,5-6H2,1-4H3. The zero-order chi connectivity index (χ0) is 14.4. The summed E-state index contributed by atoms with van der Waals surface area (Å²) in [4.78, 5) is 14.3. The monoisotopic (exact) mass is 283 g/mol. The molecule has 1 atom stereocenters. The number of likely N-dealkylation sites (N-methyl/N-ethyl adjacent to an activating group) is 1. The van der Waals surface area contributed by atoms with E-state index in [4.69, 9.17) is 16.3 Å². The predicted molar refractivity (Wildman–Crippen MR) is 78.3 cm³/mol. The smallest absolute Gasteiger partial charge is 0.256 e. The van der Waals surface area contributed by atoms with Gasteiger partial charge in [-0.25, -0.2) is 0 Å². The lowest BCUT2D eigenvalue weighted by molar-refractivity contribution is -0.143. The molecule has 106 valence electrons. The first-order valence-electron chi connectivity index (χ1n) is 6.60. The van der Waals surface area contributed by atoms with E-state index in [2.05, 4.69) is 13.8 Å². The first kappa shape index (κ1) is 16.0. The molecule has 1 aromatic carbocycles. The molecule has 0 saturated heterocycles. The van der Waals surface area contributed by atoms with Crippen LogP contribution in [0.4, 0.5) is 0 Å². The van der Waals surface area contributed by atoms with Crippen molar-refractivity contribution < 1.29 is 9.53 Å². The molecule has 0 aliphatic rings. The second-order valence-corrected chi connectivity index (χ2v) is 4.96. The number of carbonyl (C=O) groups is 1. The second kappa shape index (κ2) is 7.51. The fourth-order valence-corrected chi connectivity index (χ4v) is 2.48. The number of carbonyl (C=O) groups excluding carboxylic acids is 1.